The van der Waals surface area contributed by atoms with E-state index in [1.807, 2.05) is 18.2 Å². The molecule has 2 aromatic carbocycles. The summed E-state index contributed by atoms with van der Waals surface area (Å²) in [5.74, 6) is 0.387. The minimum Gasteiger partial charge on any atom is -0.507 e. The predicted octanol–water partition coefficient (Wildman–Crippen LogP) is 3.66. The van der Waals surface area contributed by atoms with Gasteiger partial charge in [-0.15, -0.1) is 0 Å². The first-order valence-electron chi connectivity index (χ1n) is 3.94. The summed E-state index contributed by atoms with van der Waals surface area (Å²) in [6.45, 7) is 0. The molecule has 0 fully saturated rings. The number of hydrogen-bond acceptors (Lipinski definition) is 3. The maximum absolute atomic E-state index is 9.63. The van der Waals surface area contributed by atoms with Crippen molar-refractivity contribution in [2.45, 2.75) is 9.79 Å². The summed E-state index contributed by atoms with van der Waals surface area (Å²) < 4.78 is 0. The van der Waals surface area contributed by atoms with E-state index in [4.69, 9.17) is 0 Å². The molecule has 0 atom stereocenters. The van der Waals surface area contributed by atoms with Crippen LogP contribution in [0.25, 0.3) is 10.8 Å². The van der Waals surface area contributed by atoms with Crippen molar-refractivity contribution in [1.29, 1.82) is 0 Å². The van der Waals surface area contributed by atoms with E-state index in [1.54, 1.807) is 21.6 Å². The molecule has 0 spiro atoms. The summed E-state index contributed by atoms with van der Waals surface area (Å²) in [6.07, 6.45) is 0. The largest absolute Gasteiger partial charge is 0.507 e. The van der Waals surface area contributed by atoms with Gasteiger partial charge in [0.2, 0.25) is 0 Å². The Labute approximate surface area is 83.5 Å². The lowest BCUT2D eigenvalue weighted by Crippen LogP contribution is -1.73. The van der Waals surface area contributed by atoms with Crippen molar-refractivity contribution in [3.8, 4) is 5.75 Å². The molecule has 2 aromatic rings. The molecule has 3 heteroatoms. The van der Waals surface area contributed by atoms with Crippen molar-refractivity contribution in [2.24, 2.45) is 0 Å². The molecule has 0 radical (unpaired) electrons. The third-order valence-corrected chi connectivity index (χ3v) is 4.52. The molecule has 1 heterocycles. The third-order valence-electron chi connectivity index (χ3n) is 2.12. The van der Waals surface area contributed by atoms with Gasteiger partial charge in [-0.05, 0) is 45.8 Å². The molecule has 0 saturated heterocycles. The quantitative estimate of drug-likeness (QED) is 0.664. The molecular weight excluding hydrogens is 200 g/mol. The van der Waals surface area contributed by atoms with E-state index in [1.165, 1.54) is 10.3 Å². The summed E-state index contributed by atoms with van der Waals surface area (Å²) >= 11 is 0. The molecule has 13 heavy (non-hydrogen) atoms. The molecule has 0 aliphatic carbocycles. The van der Waals surface area contributed by atoms with Gasteiger partial charge in [-0.2, -0.15) is 0 Å². The summed E-state index contributed by atoms with van der Waals surface area (Å²) in [5, 5.41) is 11.9. The Balaban J connectivity index is 2.51. The van der Waals surface area contributed by atoms with Crippen molar-refractivity contribution in [1.82, 2.24) is 0 Å². The Bertz CT molecular complexity index is 493. The first-order chi connectivity index (χ1) is 6.33. The average Bonchev–Trinajstić information content (AvgIpc) is 2.23. The molecule has 3 bridgehead atoms. The number of fused-ring (bicyclic) bond motifs is 2. The molecule has 1 aliphatic heterocycles. The minimum absolute atomic E-state index is 0.387. The highest BCUT2D eigenvalue weighted by Crippen LogP contribution is 2.46. The predicted molar refractivity (Wildman–Crippen MR) is 57.3 cm³/mol. The minimum atomic E-state index is 0.387. The van der Waals surface area contributed by atoms with Gasteiger partial charge < -0.3 is 5.11 Å². The molecule has 1 nitrogen and oxygen atoms in total. The molecule has 0 unspecified atom stereocenters. The highest BCUT2D eigenvalue weighted by atomic mass is 33.1. The lowest BCUT2D eigenvalue weighted by atomic mass is 10.1. The first-order valence-corrected chi connectivity index (χ1v) is 6.09. The van der Waals surface area contributed by atoms with Gasteiger partial charge in [0, 0.05) is 4.90 Å². The van der Waals surface area contributed by atoms with Crippen LogP contribution in [0.2, 0.25) is 0 Å². The van der Waals surface area contributed by atoms with Gasteiger partial charge >= 0.3 is 0 Å². The summed E-state index contributed by atoms with van der Waals surface area (Å²) in [4.78, 5) is 2.21. The number of rotatable bonds is 0. The average molecular weight is 206 g/mol. The fraction of sp³-hybridized carbons (Fsp3) is 0. The second-order valence-electron chi connectivity index (χ2n) is 3.00. The van der Waals surface area contributed by atoms with Gasteiger partial charge in [0.1, 0.15) is 5.75 Å². The summed E-state index contributed by atoms with van der Waals surface area (Å²) in [5.41, 5.74) is 0. The van der Waals surface area contributed by atoms with Crippen molar-refractivity contribution in [2.75, 3.05) is 0 Å². The topological polar surface area (TPSA) is 20.2 Å². The standard InChI is InChI=1S/C10H6OS2/c11-9-4-6-1-2-8-3-7(6)5-10(9)13-12-8/h1-5,11H. The van der Waals surface area contributed by atoms with Crippen LogP contribution >= 0.6 is 21.6 Å². The maximum atomic E-state index is 9.63. The van der Waals surface area contributed by atoms with Crippen LogP contribution in [0.3, 0.4) is 0 Å². The molecule has 0 saturated carbocycles. The van der Waals surface area contributed by atoms with Crippen LogP contribution < -0.4 is 0 Å². The van der Waals surface area contributed by atoms with E-state index in [9.17, 15) is 5.11 Å². The summed E-state index contributed by atoms with van der Waals surface area (Å²) in [6, 6.07) is 10.2. The Kier molecular flexibility index (Phi) is 1.51. The molecule has 0 amide bonds. The van der Waals surface area contributed by atoms with E-state index >= 15 is 0 Å². The number of phenolic OH excluding ortho intramolecular Hbond substituents is 1. The van der Waals surface area contributed by atoms with E-state index < -0.39 is 0 Å². The fourth-order valence-electron chi connectivity index (χ4n) is 1.45. The SMILES string of the molecule is Oc1cc2ccc3cc2cc1SS3. The Hall–Kier alpha value is -0.800. The zero-order chi connectivity index (χ0) is 8.84. The van der Waals surface area contributed by atoms with Crippen molar-refractivity contribution in [3.63, 3.8) is 0 Å². The number of hydrogen-bond donors (Lipinski definition) is 1. The van der Waals surface area contributed by atoms with Crippen LogP contribution in [0.1, 0.15) is 0 Å². The van der Waals surface area contributed by atoms with Crippen LogP contribution in [0.5, 0.6) is 5.75 Å². The summed E-state index contributed by atoms with van der Waals surface area (Å²) in [7, 11) is 3.30. The van der Waals surface area contributed by atoms with Crippen molar-refractivity contribution >= 4 is 32.4 Å². The van der Waals surface area contributed by atoms with Gasteiger partial charge in [0.15, 0.2) is 0 Å². The number of benzene rings is 2. The van der Waals surface area contributed by atoms with Gasteiger partial charge in [-0.1, -0.05) is 16.9 Å². The fourth-order valence-corrected chi connectivity index (χ4v) is 3.53. The lowest BCUT2D eigenvalue weighted by Gasteiger charge is -2.00. The highest BCUT2D eigenvalue weighted by Gasteiger charge is 2.10. The Morgan fingerprint density at radius 3 is 2.77 bits per heavy atom. The van der Waals surface area contributed by atoms with Gasteiger partial charge in [-0.3, -0.25) is 0 Å². The smallest absolute Gasteiger partial charge is 0.130 e. The Morgan fingerprint density at radius 1 is 0.923 bits per heavy atom. The third kappa shape index (κ3) is 1.11. The van der Waals surface area contributed by atoms with Crippen LogP contribution in [0.4, 0.5) is 0 Å². The lowest BCUT2D eigenvalue weighted by molar-refractivity contribution is 0.463. The first kappa shape index (κ1) is 7.59. The molecule has 1 aliphatic rings. The van der Waals surface area contributed by atoms with Crippen LogP contribution in [0.15, 0.2) is 40.1 Å². The van der Waals surface area contributed by atoms with E-state index in [-0.39, 0.29) is 0 Å². The number of phenols is 1. The van der Waals surface area contributed by atoms with E-state index in [0.29, 0.717) is 5.75 Å². The Morgan fingerprint density at radius 2 is 1.85 bits per heavy atom. The van der Waals surface area contributed by atoms with Crippen LogP contribution in [-0.2, 0) is 0 Å². The number of aromatic hydroxyl groups is 1. The highest BCUT2D eigenvalue weighted by molar-refractivity contribution is 8.76. The van der Waals surface area contributed by atoms with Gasteiger partial charge in [-0.25, -0.2) is 0 Å². The van der Waals surface area contributed by atoms with Crippen molar-refractivity contribution in [3.05, 3.63) is 30.3 Å². The van der Waals surface area contributed by atoms with Crippen molar-refractivity contribution < 1.29 is 5.11 Å². The zero-order valence-electron chi connectivity index (χ0n) is 6.65. The monoisotopic (exact) mass is 206 g/mol. The molecular formula is C10H6OS2. The second kappa shape index (κ2) is 2.59. The van der Waals surface area contributed by atoms with Crippen LogP contribution in [-0.4, -0.2) is 5.11 Å². The second-order valence-corrected chi connectivity index (χ2v) is 5.24. The molecule has 64 valence electrons. The van der Waals surface area contributed by atoms with E-state index in [2.05, 4.69) is 12.1 Å². The van der Waals surface area contributed by atoms with E-state index in [0.717, 1.165) is 10.3 Å². The molecule has 3 rings (SSSR count). The molecule has 0 aromatic heterocycles. The van der Waals surface area contributed by atoms with Gasteiger partial charge in [0.05, 0.1) is 4.90 Å². The molecule has 1 N–H and O–H groups in total. The normalized spacial score (nSPS) is 13.8. The van der Waals surface area contributed by atoms with Gasteiger partial charge in [0.25, 0.3) is 0 Å². The zero-order valence-corrected chi connectivity index (χ0v) is 8.28. The van der Waals surface area contributed by atoms with Crippen LogP contribution in [0, 0.1) is 0 Å². The maximum Gasteiger partial charge on any atom is 0.130 e.